The van der Waals surface area contributed by atoms with Gasteiger partial charge in [0.2, 0.25) is 0 Å². The smallest absolute Gasteiger partial charge is 0.382 e. The summed E-state index contributed by atoms with van der Waals surface area (Å²) < 4.78 is 44.0. The molecule has 1 aromatic rings. The molecule has 0 aliphatic heterocycles. The Morgan fingerprint density at radius 1 is 1.19 bits per heavy atom. The Balaban J connectivity index is 2.39. The molecule has 3 N–H and O–H groups in total. The molecule has 0 unspecified atom stereocenters. The fourth-order valence-electron chi connectivity index (χ4n) is 2.13. The van der Waals surface area contributed by atoms with Crippen molar-refractivity contribution in [3.05, 3.63) is 23.9 Å². The maximum atomic E-state index is 12.9. The highest BCUT2D eigenvalue weighted by Gasteiger charge is 2.33. The number of hydrogen-bond acceptors (Lipinski definition) is 4. The summed E-state index contributed by atoms with van der Waals surface area (Å²) in [6.45, 7) is 7.42. The molecule has 0 aliphatic carbocycles. The number of nitrogens with one attached hydrogen (secondary N) is 3. The number of ether oxygens (including phenoxy) is 1. The van der Waals surface area contributed by atoms with E-state index >= 15 is 0 Å². The number of aliphatic imine (C=N–C) groups is 1. The van der Waals surface area contributed by atoms with Crippen molar-refractivity contribution in [1.82, 2.24) is 15.6 Å². The van der Waals surface area contributed by atoms with Gasteiger partial charge in [0.05, 0.1) is 5.56 Å². The molecular weight excluding hydrogens is 347 g/mol. The Hall–Kier alpha value is -2.03. The number of aromatic nitrogens is 1. The van der Waals surface area contributed by atoms with Crippen molar-refractivity contribution < 1.29 is 17.9 Å². The average molecular weight is 375 g/mol. The second kappa shape index (κ2) is 12.3. The standard InChI is InChI=1S/C17H28F3N5O/c1-3-21-16(24-9-5-6-13-26-4-2)25-12-11-23-15-14(17(18,19)20)8-7-10-22-15/h7-8,10H,3-6,9,11-13H2,1-2H3,(H,22,23)(H2,21,24,25). The van der Waals surface area contributed by atoms with Gasteiger partial charge in [0.1, 0.15) is 5.82 Å². The van der Waals surface area contributed by atoms with E-state index in [1.165, 1.54) is 12.3 Å². The van der Waals surface area contributed by atoms with Crippen molar-refractivity contribution in [2.45, 2.75) is 32.9 Å². The van der Waals surface area contributed by atoms with Crippen LogP contribution in [-0.2, 0) is 10.9 Å². The molecule has 0 amide bonds. The fraction of sp³-hybridized carbons (Fsp3) is 0.647. The van der Waals surface area contributed by atoms with Crippen molar-refractivity contribution in [3.63, 3.8) is 0 Å². The second-order valence-electron chi connectivity index (χ2n) is 5.42. The lowest BCUT2D eigenvalue weighted by molar-refractivity contribution is -0.137. The molecule has 1 aromatic heterocycles. The molecule has 0 spiro atoms. The van der Waals surface area contributed by atoms with Gasteiger partial charge in [0.25, 0.3) is 0 Å². The second-order valence-corrected chi connectivity index (χ2v) is 5.42. The van der Waals surface area contributed by atoms with Gasteiger partial charge in [-0.1, -0.05) is 0 Å². The average Bonchev–Trinajstić information content (AvgIpc) is 2.61. The SMILES string of the molecule is CCNC(=NCCCCOCC)NCCNc1ncccc1C(F)(F)F. The third-order valence-electron chi connectivity index (χ3n) is 3.34. The molecule has 0 saturated heterocycles. The van der Waals surface area contributed by atoms with Gasteiger partial charge in [0, 0.05) is 45.6 Å². The molecule has 0 aliphatic rings. The zero-order valence-electron chi connectivity index (χ0n) is 15.3. The zero-order chi connectivity index (χ0) is 19.3. The molecule has 0 bridgehead atoms. The highest BCUT2D eigenvalue weighted by atomic mass is 19.4. The Bertz CT molecular complexity index is 537. The van der Waals surface area contributed by atoms with Crippen LogP contribution in [0, 0.1) is 0 Å². The van der Waals surface area contributed by atoms with Crippen LogP contribution in [0.3, 0.4) is 0 Å². The number of unbranched alkanes of at least 4 members (excludes halogenated alkanes) is 1. The maximum Gasteiger partial charge on any atom is 0.419 e. The van der Waals surface area contributed by atoms with Gasteiger partial charge >= 0.3 is 6.18 Å². The number of guanidine groups is 1. The number of alkyl halides is 3. The summed E-state index contributed by atoms with van der Waals surface area (Å²) in [5.74, 6) is 0.474. The lowest BCUT2D eigenvalue weighted by atomic mass is 10.2. The Labute approximate surface area is 152 Å². The molecular formula is C17H28F3N5O. The minimum Gasteiger partial charge on any atom is -0.382 e. The Morgan fingerprint density at radius 3 is 2.69 bits per heavy atom. The van der Waals surface area contributed by atoms with Crippen molar-refractivity contribution in [2.75, 3.05) is 44.7 Å². The van der Waals surface area contributed by atoms with E-state index in [1.807, 2.05) is 13.8 Å². The number of hydrogen-bond donors (Lipinski definition) is 3. The van der Waals surface area contributed by atoms with Crippen LogP contribution in [0.25, 0.3) is 0 Å². The van der Waals surface area contributed by atoms with Gasteiger partial charge in [-0.25, -0.2) is 4.98 Å². The van der Waals surface area contributed by atoms with E-state index in [4.69, 9.17) is 4.74 Å². The summed E-state index contributed by atoms with van der Waals surface area (Å²) in [4.78, 5) is 8.19. The fourth-order valence-corrected chi connectivity index (χ4v) is 2.13. The van der Waals surface area contributed by atoms with Crippen LogP contribution < -0.4 is 16.0 Å². The summed E-state index contributed by atoms with van der Waals surface area (Å²) in [6, 6.07) is 2.28. The summed E-state index contributed by atoms with van der Waals surface area (Å²) in [6.07, 6.45) is -1.24. The first-order chi connectivity index (χ1) is 12.5. The molecule has 0 fully saturated rings. The van der Waals surface area contributed by atoms with Gasteiger partial charge in [-0.2, -0.15) is 13.2 Å². The highest BCUT2D eigenvalue weighted by molar-refractivity contribution is 5.79. The predicted molar refractivity (Wildman–Crippen MR) is 97.4 cm³/mol. The van der Waals surface area contributed by atoms with E-state index in [0.29, 0.717) is 32.2 Å². The summed E-state index contributed by atoms with van der Waals surface area (Å²) in [5, 5.41) is 8.91. The van der Waals surface area contributed by atoms with E-state index in [1.54, 1.807) is 0 Å². The molecule has 1 rings (SSSR count). The molecule has 0 radical (unpaired) electrons. The number of nitrogens with zero attached hydrogens (tertiary/aromatic N) is 2. The third-order valence-corrected chi connectivity index (χ3v) is 3.34. The van der Waals surface area contributed by atoms with Crippen LogP contribution >= 0.6 is 0 Å². The lowest BCUT2D eigenvalue weighted by Gasteiger charge is -2.14. The maximum absolute atomic E-state index is 12.9. The van der Waals surface area contributed by atoms with Crippen LogP contribution in [0.2, 0.25) is 0 Å². The van der Waals surface area contributed by atoms with Crippen LogP contribution in [-0.4, -0.2) is 50.3 Å². The molecule has 0 saturated carbocycles. The minimum absolute atomic E-state index is 0.167. The number of pyridine rings is 1. The predicted octanol–water partition coefficient (Wildman–Crippen LogP) is 2.88. The normalized spacial score (nSPS) is 12.1. The molecule has 9 heteroatoms. The molecule has 0 atom stereocenters. The van der Waals surface area contributed by atoms with E-state index in [2.05, 4.69) is 25.9 Å². The van der Waals surface area contributed by atoms with Gasteiger partial charge in [-0.3, -0.25) is 4.99 Å². The van der Waals surface area contributed by atoms with Crippen molar-refractivity contribution in [3.8, 4) is 0 Å². The summed E-state index contributed by atoms with van der Waals surface area (Å²) in [5.41, 5.74) is -0.769. The van der Waals surface area contributed by atoms with Crippen molar-refractivity contribution in [1.29, 1.82) is 0 Å². The molecule has 6 nitrogen and oxygen atoms in total. The number of anilines is 1. The lowest BCUT2D eigenvalue weighted by Crippen LogP contribution is -2.39. The molecule has 1 heterocycles. The Kier molecular flexibility index (Phi) is 10.5. The monoisotopic (exact) mass is 375 g/mol. The van der Waals surface area contributed by atoms with Crippen LogP contribution in [0.15, 0.2) is 23.3 Å². The first kappa shape index (κ1) is 22.0. The minimum atomic E-state index is -4.43. The summed E-state index contributed by atoms with van der Waals surface area (Å²) >= 11 is 0. The van der Waals surface area contributed by atoms with Crippen LogP contribution in [0.5, 0.6) is 0 Å². The van der Waals surface area contributed by atoms with Gasteiger partial charge in [-0.05, 0) is 38.8 Å². The van der Waals surface area contributed by atoms with Crippen LogP contribution in [0.1, 0.15) is 32.3 Å². The molecule has 26 heavy (non-hydrogen) atoms. The van der Waals surface area contributed by atoms with Gasteiger partial charge < -0.3 is 20.7 Å². The van der Waals surface area contributed by atoms with Gasteiger partial charge in [-0.15, -0.1) is 0 Å². The zero-order valence-corrected chi connectivity index (χ0v) is 15.3. The Morgan fingerprint density at radius 2 is 2.00 bits per heavy atom. The van der Waals surface area contributed by atoms with E-state index in [9.17, 15) is 13.2 Å². The third kappa shape index (κ3) is 8.89. The highest BCUT2D eigenvalue weighted by Crippen LogP contribution is 2.33. The first-order valence-electron chi connectivity index (χ1n) is 8.85. The van der Waals surface area contributed by atoms with E-state index in [0.717, 1.165) is 25.5 Å². The number of rotatable bonds is 11. The quantitative estimate of drug-likeness (QED) is 0.315. The first-order valence-corrected chi connectivity index (χ1v) is 8.85. The largest absolute Gasteiger partial charge is 0.419 e. The van der Waals surface area contributed by atoms with Crippen molar-refractivity contribution in [2.24, 2.45) is 4.99 Å². The van der Waals surface area contributed by atoms with Gasteiger partial charge in [0.15, 0.2) is 5.96 Å². The molecule has 0 aromatic carbocycles. The molecule has 148 valence electrons. The number of halogens is 3. The van der Waals surface area contributed by atoms with E-state index < -0.39 is 11.7 Å². The topological polar surface area (TPSA) is 70.6 Å². The van der Waals surface area contributed by atoms with Crippen molar-refractivity contribution >= 4 is 11.8 Å². The van der Waals surface area contributed by atoms with E-state index in [-0.39, 0.29) is 12.4 Å². The van der Waals surface area contributed by atoms with Crippen LogP contribution in [0.4, 0.5) is 19.0 Å². The summed E-state index contributed by atoms with van der Waals surface area (Å²) in [7, 11) is 0.